The first-order valence-corrected chi connectivity index (χ1v) is 7.35. The molecule has 1 aliphatic heterocycles. The van der Waals surface area contributed by atoms with E-state index in [9.17, 15) is 5.11 Å². The van der Waals surface area contributed by atoms with E-state index in [0.29, 0.717) is 24.7 Å². The van der Waals surface area contributed by atoms with Crippen LogP contribution in [-0.4, -0.2) is 49.5 Å². The van der Waals surface area contributed by atoms with Gasteiger partial charge >= 0.3 is 0 Å². The van der Waals surface area contributed by atoms with Crippen LogP contribution in [0.5, 0.6) is 11.5 Å². The van der Waals surface area contributed by atoms with E-state index in [4.69, 9.17) is 9.47 Å². The Bertz CT molecular complexity index is 416. The van der Waals surface area contributed by atoms with Crippen molar-refractivity contribution in [2.45, 2.75) is 25.9 Å². The molecule has 0 aromatic heterocycles. The summed E-state index contributed by atoms with van der Waals surface area (Å²) in [6.07, 6.45) is 2.05. The van der Waals surface area contributed by atoms with Gasteiger partial charge in [-0.05, 0) is 37.4 Å². The van der Waals surface area contributed by atoms with E-state index in [1.54, 1.807) is 7.11 Å². The number of para-hydroxylation sites is 2. The Balaban J connectivity index is 0.00000220. The number of halogens is 1. The molecule has 21 heavy (non-hydrogen) atoms. The van der Waals surface area contributed by atoms with Crippen LogP contribution in [-0.2, 0) is 0 Å². The minimum Gasteiger partial charge on any atom is -0.493 e. The minimum absolute atomic E-state index is 0. The van der Waals surface area contributed by atoms with Gasteiger partial charge in [0, 0.05) is 13.1 Å². The molecule has 1 aromatic carbocycles. The molecule has 0 bridgehead atoms. The molecule has 2 rings (SSSR count). The number of benzene rings is 1. The lowest BCUT2D eigenvalue weighted by Gasteiger charge is -2.32. The van der Waals surface area contributed by atoms with Crippen LogP contribution < -0.4 is 9.47 Å². The average molecular weight is 316 g/mol. The van der Waals surface area contributed by atoms with E-state index in [1.807, 2.05) is 24.3 Å². The van der Waals surface area contributed by atoms with Gasteiger partial charge in [-0.1, -0.05) is 19.1 Å². The Labute approximate surface area is 133 Å². The van der Waals surface area contributed by atoms with Crippen molar-refractivity contribution < 1.29 is 14.6 Å². The molecule has 0 aliphatic carbocycles. The molecule has 0 amide bonds. The van der Waals surface area contributed by atoms with E-state index in [0.717, 1.165) is 19.0 Å². The molecule has 1 saturated heterocycles. The molecule has 0 spiro atoms. The Hall–Kier alpha value is -0.970. The number of β-amino-alcohol motifs (C(OH)–C–C–N with tert-alkyl or cyclic N) is 1. The predicted molar refractivity (Wildman–Crippen MR) is 86.6 cm³/mol. The standard InChI is InChI=1S/C16H25NO3.ClH/c1-13-6-5-9-17(10-13)11-14(18)12-20-16-8-4-3-7-15(16)19-2;/h3-4,7-8,13-14,18H,5-6,9-12H2,1-2H3;1H. The third kappa shape index (κ3) is 5.73. The Kier molecular flexibility index (Phi) is 7.86. The van der Waals surface area contributed by atoms with Gasteiger partial charge in [0.2, 0.25) is 0 Å². The van der Waals surface area contributed by atoms with Gasteiger partial charge in [-0.3, -0.25) is 0 Å². The molecule has 1 aliphatic rings. The van der Waals surface area contributed by atoms with E-state index in [2.05, 4.69) is 11.8 Å². The van der Waals surface area contributed by atoms with Gasteiger partial charge in [0.05, 0.1) is 7.11 Å². The van der Waals surface area contributed by atoms with Crippen LogP contribution in [0.4, 0.5) is 0 Å². The molecule has 4 nitrogen and oxygen atoms in total. The minimum atomic E-state index is -0.467. The summed E-state index contributed by atoms with van der Waals surface area (Å²) in [7, 11) is 1.62. The van der Waals surface area contributed by atoms with E-state index in [1.165, 1.54) is 12.8 Å². The highest BCUT2D eigenvalue weighted by molar-refractivity contribution is 5.85. The largest absolute Gasteiger partial charge is 0.493 e. The fourth-order valence-corrected chi connectivity index (χ4v) is 2.73. The molecular formula is C16H26ClNO3. The van der Waals surface area contributed by atoms with Crippen LogP contribution in [0.2, 0.25) is 0 Å². The molecule has 120 valence electrons. The molecule has 2 unspecified atom stereocenters. The van der Waals surface area contributed by atoms with Gasteiger partial charge in [0.1, 0.15) is 12.7 Å². The summed E-state index contributed by atoms with van der Waals surface area (Å²) < 4.78 is 10.9. The maximum absolute atomic E-state index is 10.1. The summed E-state index contributed by atoms with van der Waals surface area (Å²) in [5, 5.41) is 10.1. The molecular weight excluding hydrogens is 290 g/mol. The number of methoxy groups -OCH3 is 1. The highest BCUT2D eigenvalue weighted by atomic mass is 35.5. The van der Waals surface area contributed by atoms with Crippen LogP contribution in [0.15, 0.2) is 24.3 Å². The maximum atomic E-state index is 10.1. The lowest BCUT2D eigenvalue weighted by molar-refractivity contribution is 0.0530. The smallest absolute Gasteiger partial charge is 0.161 e. The molecule has 2 atom stereocenters. The Morgan fingerprint density at radius 2 is 2.05 bits per heavy atom. The molecule has 1 N–H and O–H groups in total. The van der Waals surface area contributed by atoms with Crippen molar-refractivity contribution >= 4 is 12.4 Å². The van der Waals surface area contributed by atoms with E-state index in [-0.39, 0.29) is 12.4 Å². The Morgan fingerprint density at radius 3 is 2.71 bits per heavy atom. The first-order valence-electron chi connectivity index (χ1n) is 7.35. The van der Waals surface area contributed by atoms with Crippen LogP contribution in [0.25, 0.3) is 0 Å². The SMILES string of the molecule is COc1ccccc1OCC(O)CN1CCCC(C)C1.Cl. The third-order valence-corrected chi connectivity index (χ3v) is 3.71. The number of rotatable bonds is 6. The van der Waals surface area contributed by atoms with Gasteiger partial charge in [-0.2, -0.15) is 0 Å². The average Bonchev–Trinajstić information content (AvgIpc) is 2.45. The summed E-state index contributed by atoms with van der Waals surface area (Å²) >= 11 is 0. The summed E-state index contributed by atoms with van der Waals surface area (Å²) in [6, 6.07) is 7.51. The summed E-state index contributed by atoms with van der Waals surface area (Å²) in [5.74, 6) is 2.11. The lowest BCUT2D eigenvalue weighted by atomic mass is 10.0. The van der Waals surface area contributed by atoms with Gasteiger partial charge in [0.15, 0.2) is 11.5 Å². The van der Waals surface area contributed by atoms with Crippen molar-refractivity contribution in [3.8, 4) is 11.5 Å². The molecule has 1 fully saturated rings. The molecule has 0 saturated carbocycles. The summed E-state index contributed by atoms with van der Waals surface area (Å²) in [4.78, 5) is 2.32. The van der Waals surface area contributed by atoms with Crippen molar-refractivity contribution in [1.29, 1.82) is 0 Å². The van der Waals surface area contributed by atoms with Crippen molar-refractivity contribution in [3.05, 3.63) is 24.3 Å². The topological polar surface area (TPSA) is 41.9 Å². The second-order valence-corrected chi connectivity index (χ2v) is 5.62. The first-order chi connectivity index (χ1) is 9.69. The lowest BCUT2D eigenvalue weighted by Crippen LogP contribution is -2.41. The van der Waals surface area contributed by atoms with Gasteiger partial charge in [-0.25, -0.2) is 0 Å². The number of hydrogen-bond donors (Lipinski definition) is 1. The molecule has 1 aromatic rings. The number of nitrogens with zero attached hydrogens (tertiary/aromatic N) is 1. The van der Waals surface area contributed by atoms with Crippen LogP contribution in [0.3, 0.4) is 0 Å². The van der Waals surface area contributed by atoms with Gasteiger partial charge in [-0.15, -0.1) is 12.4 Å². The zero-order valence-electron chi connectivity index (χ0n) is 12.8. The van der Waals surface area contributed by atoms with E-state index >= 15 is 0 Å². The molecule has 5 heteroatoms. The number of ether oxygens (including phenoxy) is 2. The van der Waals surface area contributed by atoms with Crippen molar-refractivity contribution in [2.24, 2.45) is 5.92 Å². The zero-order chi connectivity index (χ0) is 14.4. The number of piperidine rings is 1. The normalized spacial score (nSPS) is 20.4. The maximum Gasteiger partial charge on any atom is 0.161 e. The number of hydrogen-bond acceptors (Lipinski definition) is 4. The molecule has 0 radical (unpaired) electrons. The highest BCUT2D eigenvalue weighted by Gasteiger charge is 2.19. The van der Waals surface area contributed by atoms with Crippen LogP contribution >= 0.6 is 12.4 Å². The van der Waals surface area contributed by atoms with Crippen molar-refractivity contribution in [2.75, 3.05) is 33.4 Å². The van der Waals surface area contributed by atoms with Crippen molar-refractivity contribution in [3.63, 3.8) is 0 Å². The highest BCUT2D eigenvalue weighted by Crippen LogP contribution is 2.25. The second-order valence-electron chi connectivity index (χ2n) is 5.62. The monoisotopic (exact) mass is 315 g/mol. The zero-order valence-corrected chi connectivity index (χ0v) is 13.6. The van der Waals surface area contributed by atoms with Gasteiger partial charge < -0.3 is 19.5 Å². The predicted octanol–water partition coefficient (Wildman–Crippen LogP) is 2.59. The first kappa shape index (κ1) is 18.1. The molecule has 1 heterocycles. The number of aliphatic hydroxyl groups is 1. The van der Waals surface area contributed by atoms with Crippen molar-refractivity contribution in [1.82, 2.24) is 4.90 Å². The van der Waals surface area contributed by atoms with E-state index < -0.39 is 6.10 Å². The fourth-order valence-electron chi connectivity index (χ4n) is 2.73. The Morgan fingerprint density at radius 1 is 1.33 bits per heavy atom. The number of likely N-dealkylation sites (tertiary alicyclic amines) is 1. The van der Waals surface area contributed by atoms with Crippen LogP contribution in [0, 0.1) is 5.92 Å². The van der Waals surface area contributed by atoms with Gasteiger partial charge in [0.25, 0.3) is 0 Å². The van der Waals surface area contributed by atoms with Crippen LogP contribution in [0.1, 0.15) is 19.8 Å². The quantitative estimate of drug-likeness (QED) is 0.876. The second kappa shape index (κ2) is 9.13. The summed E-state index contributed by atoms with van der Waals surface area (Å²) in [5.41, 5.74) is 0. The number of aliphatic hydroxyl groups excluding tert-OH is 1. The fraction of sp³-hybridized carbons (Fsp3) is 0.625. The summed E-state index contributed by atoms with van der Waals surface area (Å²) in [6.45, 7) is 5.40. The third-order valence-electron chi connectivity index (χ3n) is 3.71.